The fourth-order valence-corrected chi connectivity index (χ4v) is 2.69. The molecule has 1 aromatic carbocycles. The molecule has 0 bridgehead atoms. The molecule has 1 heterocycles. The van der Waals surface area contributed by atoms with Gasteiger partial charge in [0.1, 0.15) is 0 Å². The number of halogens is 1. The number of nitrogens with zero attached hydrogens (tertiary/aromatic N) is 1. The summed E-state index contributed by atoms with van der Waals surface area (Å²) < 4.78 is 3.43. The Hall–Kier alpha value is -0.800. The van der Waals surface area contributed by atoms with E-state index in [1.807, 2.05) is 7.05 Å². The first kappa shape index (κ1) is 10.7. The summed E-state index contributed by atoms with van der Waals surface area (Å²) in [4.78, 5) is 0. The molecule has 15 heavy (non-hydrogen) atoms. The summed E-state index contributed by atoms with van der Waals surface area (Å²) in [6, 6.07) is 6.44. The smallest absolute Gasteiger partial charge is 0.0494 e. The zero-order valence-electron chi connectivity index (χ0n) is 9.26. The molecule has 0 unspecified atom stereocenters. The van der Waals surface area contributed by atoms with Crippen LogP contribution in [0.15, 0.2) is 22.7 Å². The van der Waals surface area contributed by atoms with Crippen molar-refractivity contribution in [2.45, 2.75) is 13.5 Å². The number of aromatic nitrogens is 1. The van der Waals surface area contributed by atoms with Crippen LogP contribution in [0.2, 0.25) is 0 Å². The second-order valence-electron chi connectivity index (χ2n) is 3.80. The lowest BCUT2D eigenvalue weighted by molar-refractivity contribution is 0.823. The predicted octanol–water partition coefficient (Wildman–Crippen LogP) is 2.97. The van der Waals surface area contributed by atoms with Crippen LogP contribution in [-0.4, -0.2) is 11.6 Å². The molecule has 0 amide bonds. The summed E-state index contributed by atoms with van der Waals surface area (Å²) in [5.41, 5.74) is 3.89. The van der Waals surface area contributed by atoms with Gasteiger partial charge in [-0.2, -0.15) is 0 Å². The third-order valence-corrected chi connectivity index (χ3v) is 3.87. The van der Waals surface area contributed by atoms with Crippen molar-refractivity contribution in [3.8, 4) is 0 Å². The van der Waals surface area contributed by atoms with Crippen molar-refractivity contribution in [1.82, 2.24) is 9.88 Å². The Bertz CT molecular complexity index is 500. The number of hydrogen-bond donors (Lipinski definition) is 1. The summed E-state index contributed by atoms with van der Waals surface area (Å²) in [6.07, 6.45) is 0. The molecule has 3 heteroatoms. The molecular weight excluding hydrogens is 252 g/mol. The van der Waals surface area contributed by atoms with Gasteiger partial charge in [-0.25, -0.2) is 0 Å². The highest BCUT2D eigenvalue weighted by molar-refractivity contribution is 9.10. The normalized spacial score (nSPS) is 11.2. The minimum absolute atomic E-state index is 0.902. The Morgan fingerprint density at radius 2 is 2.13 bits per heavy atom. The Morgan fingerprint density at radius 3 is 2.80 bits per heavy atom. The first-order chi connectivity index (χ1) is 7.16. The Kier molecular flexibility index (Phi) is 2.85. The maximum absolute atomic E-state index is 3.67. The Labute approximate surface area is 98.4 Å². The fourth-order valence-electron chi connectivity index (χ4n) is 1.97. The van der Waals surface area contributed by atoms with Crippen molar-refractivity contribution in [2.24, 2.45) is 7.05 Å². The average Bonchev–Trinajstić information content (AvgIpc) is 2.46. The standard InChI is InChI=1S/C12H15BrN2/c1-8-12(13)11-9(7-14-2)5-4-6-10(11)15(8)3/h4-6,14H,7H2,1-3H3. The van der Waals surface area contributed by atoms with E-state index in [1.54, 1.807) is 0 Å². The molecule has 0 aliphatic rings. The van der Waals surface area contributed by atoms with Crippen molar-refractivity contribution >= 4 is 26.8 Å². The number of benzene rings is 1. The zero-order valence-corrected chi connectivity index (χ0v) is 10.9. The monoisotopic (exact) mass is 266 g/mol. The summed E-state index contributed by atoms with van der Waals surface area (Å²) in [5, 5.41) is 4.53. The third-order valence-electron chi connectivity index (χ3n) is 2.90. The molecule has 0 radical (unpaired) electrons. The van der Waals surface area contributed by atoms with Gasteiger partial charge in [-0.3, -0.25) is 0 Å². The topological polar surface area (TPSA) is 17.0 Å². The maximum atomic E-state index is 3.67. The van der Waals surface area contributed by atoms with Crippen molar-refractivity contribution < 1.29 is 0 Å². The van der Waals surface area contributed by atoms with Gasteiger partial charge in [-0.15, -0.1) is 0 Å². The highest BCUT2D eigenvalue weighted by Gasteiger charge is 2.12. The van der Waals surface area contributed by atoms with E-state index in [1.165, 1.54) is 26.6 Å². The van der Waals surface area contributed by atoms with Crippen LogP contribution in [-0.2, 0) is 13.6 Å². The van der Waals surface area contributed by atoms with Gasteiger partial charge in [0.15, 0.2) is 0 Å². The minimum atomic E-state index is 0.902. The SMILES string of the molecule is CNCc1cccc2c1c(Br)c(C)n2C. The number of fused-ring (bicyclic) bond motifs is 1. The summed E-state index contributed by atoms with van der Waals surface area (Å²) in [7, 11) is 4.08. The lowest BCUT2D eigenvalue weighted by Gasteiger charge is -2.03. The van der Waals surface area contributed by atoms with Gasteiger partial charge in [-0.1, -0.05) is 12.1 Å². The molecule has 0 atom stereocenters. The molecule has 2 rings (SSSR count). The number of rotatable bonds is 2. The van der Waals surface area contributed by atoms with Crippen molar-refractivity contribution in [1.29, 1.82) is 0 Å². The van der Waals surface area contributed by atoms with E-state index in [0.717, 1.165) is 6.54 Å². The fraction of sp³-hybridized carbons (Fsp3) is 0.333. The lowest BCUT2D eigenvalue weighted by Crippen LogP contribution is -2.05. The number of aryl methyl sites for hydroxylation is 1. The van der Waals surface area contributed by atoms with Crippen molar-refractivity contribution in [3.63, 3.8) is 0 Å². The predicted molar refractivity (Wildman–Crippen MR) is 68.1 cm³/mol. The summed E-state index contributed by atoms with van der Waals surface area (Å²) >= 11 is 3.67. The highest BCUT2D eigenvalue weighted by atomic mass is 79.9. The average molecular weight is 267 g/mol. The van der Waals surface area contributed by atoms with Gasteiger partial charge in [0.05, 0.1) is 0 Å². The van der Waals surface area contributed by atoms with E-state index in [4.69, 9.17) is 0 Å². The highest BCUT2D eigenvalue weighted by Crippen LogP contribution is 2.32. The zero-order chi connectivity index (χ0) is 11.0. The van der Waals surface area contributed by atoms with Crippen LogP contribution in [0.25, 0.3) is 10.9 Å². The van der Waals surface area contributed by atoms with Crippen LogP contribution < -0.4 is 5.32 Å². The second kappa shape index (κ2) is 3.99. The number of hydrogen-bond acceptors (Lipinski definition) is 1. The molecule has 0 saturated carbocycles. The van der Waals surface area contributed by atoms with Crippen LogP contribution in [0.3, 0.4) is 0 Å². The minimum Gasteiger partial charge on any atom is -0.347 e. The second-order valence-corrected chi connectivity index (χ2v) is 4.59. The van der Waals surface area contributed by atoms with Gasteiger partial charge in [0.25, 0.3) is 0 Å². The molecule has 0 saturated heterocycles. The lowest BCUT2D eigenvalue weighted by atomic mass is 10.1. The molecule has 2 nitrogen and oxygen atoms in total. The third kappa shape index (κ3) is 1.60. The first-order valence-corrected chi connectivity index (χ1v) is 5.83. The van der Waals surface area contributed by atoms with Crippen LogP contribution in [0.1, 0.15) is 11.3 Å². The Morgan fingerprint density at radius 1 is 1.40 bits per heavy atom. The molecule has 1 aromatic heterocycles. The quantitative estimate of drug-likeness (QED) is 0.885. The van der Waals surface area contributed by atoms with Gasteiger partial charge in [-0.05, 0) is 41.5 Å². The van der Waals surface area contributed by atoms with Gasteiger partial charge in [0.2, 0.25) is 0 Å². The van der Waals surface area contributed by atoms with Crippen LogP contribution in [0.4, 0.5) is 0 Å². The molecular formula is C12H15BrN2. The molecule has 0 fully saturated rings. The first-order valence-electron chi connectivity index (χ1n) is 5.03. The van der Waals surface area contributed by atoms with Gasteiger partial charge < -0.3 is 9.88 Å². The van der Waals surface area contributed by atoms with Crippen molar-refractivity contribution in [2.75, 3.05) is 7.05 Å². The van der Waals surface area contributed by atoms with Gasteiger partial charge in [0, 0.05) is 34.7 Å². The largest absolute Gasteiger partial charge is 0.347 e. The molecule has 0 spiro atoms. The molecule has 1 N–H and O–H groups in total. The molecule has 2 aromatic rings. The van der Waals surface area contributed by atoms with E-state index in [0.29, 0.717) is 0 Å². The van der Waals surface area contributed by atoms with E-state index in [2.05, 4.69) is 58.0 Å². The van der Waals surface area contributed by atoms with Crippen LogP contribution in [0, 0.1) is 6.92 Å². The van der Waals surface area contributed by atoms with E-state index >= 15 is 0 Å². The van der Waals surface area contributed by atoms with Crippen molar-refractivity contribution in [3.05, 3.63) is 33.9 Å². The molecule has 0 aliphatic carbocycles. The summed E-state index contributed by atoms with van der Waals surface area (Å²) in [5.74, 6) is 0. The van der Waals surface area contributed by atoms with E-state index < -0.39 is 0 Å². The van der Waals surface area contributed by atoms with Gasteiger partial charge >= 0.3 is 0 Å². The summed E-state index contributed by atoms with van der Waals surface area (Å²) in [6.45, 7) is 3.03. The van der Waals surface area contributed by atoms with Crippen LogP contribution in [0.5, 0.6) is 0 Å². The molecule has 0 aliphatic heterocycles. The number of nitrogens with one attached hydrogen (secondary N) is 1. The van der Waals surface area contributed by atoms with E-state index in [-0.39, 0.29) is 0 Å². The molecule has 80 valence electrons. The Balaban J connectivity index is 2.79. The van der Waals surface area contributed by atoms with E-state index in [9.17, 15) is 0 Å². The maximum Gasteiger partial charge on any atom is 0.0494 e. The van der Waals surface area contributed by atoms with Crippen LogP contribution >= 0.6 is 15.9 Å².